The molecule has 0 fully saturated rings. The largest absolute Gasteiger partial charge is 0.469 e. The average molecular weight is 406 g/mol. The van der Waals surface area contributed by atoms with Crippen LogP contribution >= 0.6 is 19.4 Å². The molecule has 1 heterocycles. The van der Waals surface area contributed by atoms with Gasteiger partial charge in [0, 0.05) is 5.56 Å². The van der Waals surface area contributed by atoms with Gasteiger partial charge in [0.05, 0.1) is 26.1 Å². The Balaban J connectivity index is 3.38. The molecule has 0 amide bonds. The first-order chi connectivity index (χ1) is 12.4. The van der Waals surface area contributed by atoms with Gasteiger partial charge in [0.15, 0.2) is 0 Å². The number of aryl methyl sites for hydroxylation is 1. The van der Waals surface area contributed by atoms with Crippen LogP contribution in [-0.2, 0) is 23.1 Å². The van der Waals surface area contributed by atoms with Crippen LogP contribution in [0.2, 0.25) is 0 Å². The minimum atomic E-state index is -3.61. The van der Waals surface area contributed by atoms with Gasteiger partial charge in [-0.3, -0.25) is 9.36 Å². The molecule has 0 aliphatic heterocycles. The van der Waals surface area contributed by atoms with Crippen LogP contribution in [0.15, 0.2) is 16.7 Å². The second kappa shape index (κ2) is 11.9. The van der Waals surface area contributed by atoms with E-state index in [1.807, 2.05) is 0 Å². The molecule has 2 atom stereocenters. The van der Waals surface area contributed by atoms with Crippen LogP contribution in [0.25, 0.3) is 0 Å². The first-order valence-corrected chi connectivity index (χ1v) is 11.8. The van der Waals surface area contributed by atoms with Gasteiger partial charge >= 0.3 is 13.6 Å². The van der Waals surface area contributed by atoms with Crippen molar-refractivity contribution in [2.75, 3.05) is 25.6 Å². The molecule has 0 saturated heterocycles. The molecule has 150 valence electrons. The Morgan fingerprint density at radius 1 is 1.19 bits per heavy atom. The van der Waals surface area contributed by atoms with Crippen molar-refractivity contribution in [2.24, 2.45) is 0 Å². The minimum absolute atomic E-state index is 0.222. The van der Waals surface area contributed by atoms with Crippen LogP contribution in [0.3, 0.4) is 0 Å². The van der Waals surface area contributed by atoms with Crippen molar-refractivity contribution in [1.82, 2.24) is 0 Å². The summed E-state index contributed by atoms with van der Waals surface area (Å²) in [4.78, 5) is 12.7. The van der Waals surface area contributed by atoms with E-state index in [0.29, 0.717) is 11.3 Å². The smallest absolute Gasteiger partial charge is 0.339 e. The predicted octanol–water partition coefficient (Wildman–Crippen LogP) is 5.36. The Hall–Kier alpha value is -0.750. The number of unbranched alkanes of at least 4 members (excludes halogenated alkanes) is 1. The molecule has 1 aromatic heterocycles. The monoisotopic (exact) mass is 406 g/mol. The van der Waals surface area contributed by atoms with Gasteiger partial charge in [0.2, 0.25) is 0 Å². The first kappa shape index (κ1) is 23.3. The Morgan fingerprint density at radius 2 is 1.85 bits per heavy atom. The quantitative estimate of drug-likeness (QED) is 0.248. The normalized spacial score (nSPS) is 14.2. The molecule has 8 heteroatoms. The summed E-state index contributed by atoms with van der Waals surface area (Å²) in [6, 6.07) is 1.73. The Kier molecular flexibility index (Phi) is 10.6. The molecule has 26 heavy (non-hydrogen) atoms. The number of thioether (sulfide) groups is 1. The molecule has 0 aliphatic carbocycles. The standard InChI is InChI=1S/C18H31O6PS/c1-6-10-13-26-17(18(19)21-7-2)16(15-11-12-22-14(15)5)25(20,23-8-3)24-9-4/h11-12,16-17H,6-10,13H2,1-5H3. The topological polar surface area (TPSA) is 75.0 Å². The predicted molar refractivity (Wildman–Crippen MR) is 105 cm³/mol. The van der Waals surface area contributed by atoms with Gasteiger partial charge in [-0.05, 0) is 45.9 Å². The summed E-state index contributed by atoms with van der Waals surface area (Å²) in [6.07, 6.45) is 3.48. The summed E-state index contributed by atoms with van der Waals surface area (Å²) < 4.78 is 35.5. The molecule has 0 N–H and O–H groups in total. The number of carbonyl (C=O) groups excluding carboxylic acids is 1. The second-order valence-corrected chi connectivity index (χ2v) is 9.05. The van der Waals surface area contributed by atoms with Crippen LogP contribution in [0.4, 0.5) is 0 Å². The van der Waals surface area contributed by atoms with Crippen molar-refractivity contribution < 1.29 is 27.6 Å². The van der Waals surface area contributed by atoms with Gasteiger partial charge in [-0.1, -0.05) is 13.3 Å². The molecule has 2 unspecified atom stereocenters. The molecule has 1 rings (SSSR count). The van der Waals surface area contributed by atoms with Crippen LogP contribution in [0.5, 0.6) is 0 Å². The van der Waals surface area contributed by atoms with Gasteiger partial charge in [-0.2, -0.15) is 0 Å². The van der Waals surface area contributed by atoms with E-state index in [1.165, 1.54) is 18.0 Å². The highest BCUT2D eigenvalue weighted by atomic mass is 32.2. The van der Waals surface area contributed by atoms with Crippen LogP contribution in [0.1, 0.15) is 57.5 Å². The summed E-state index contributed by atoms with van der Waals surface area (Å²) in [5.41, 5.74) is -0.112. The van der Waals surface area contributed by atoms with E-state index in [2.05, 4.69) is 6.92 Å². The lowest BCUT2D eigenvalue weighted by molar-refractivity contribution is -0.142. The van der Waals surface area contributed by atoms with E-state index in [9.17, 15) is 9.36 Å². The zero-order chi connectivity index (χ0) is 19.6. The molecular formula is C18H31O6PS. The van der Waals surface area contributed by atoms with Crippen LogP contribution < -0.4 is 0 Å². The van der Waals surface area contributed by atoms with Crippen molar-refractivity contribution in [2.45, 2.75) is 58.4 Å². The van der Waals surface area contributed by atoms with Gasteiger partial charge in [0.25, 0.3) is 0 Å². The van der Waals surface area contributed by atoms with Crippen molar-refractivity contribution >= 4 is 25.3 Å². The average Bonchev–Trinajstić information content (AvgIpc) is 3.00. The summed E-state index contributed by atoms with van der Waals surface area (Å²) in [7, 11) is -3.61. The van der Waals surface area contributed by atoms with Crippen LogP contribution in [0, 0.1) is 6.92 Å². The van der Waals surface area contributed by atoms with Gasteiger partial charge in [-0.15, -0.1) is 11.8 Å². The molecule has 0 radical (unpaired) electrons. The fourth-order valence-corrected chi connectivity index (χ4v) is 6.75. The molecule has 0 bridgehead atoms. The van der Waals surface area contributed by atoms with Crippen molar-refractivity contribution in [3.05, 3.63) is 23.7 Å². The highest BCUT2D eigenvalue weighted by Gasteiger charge is 2.47. The Labute approximate surface area is 160 Å². The van der Waals surface area contributed by atoms with E-state index in [0.717, 1.165) is 18.6 Å². The maximum absolute atomic E-state index is 13.6. The number of furan rings is 1. The number of hydrogen-bond donors (Lipinski definition) is 0. The Morgan fingerprint density at radius 3 is 2.31 bits per heavy atom. The van der Waals surface area contributed by atoms with Crippen molar-refractivity contribution in [3.8, 4) is 0 Å². The molecular weight excluding hydrogens is 375 g/mol. The highest BCUT2D eigenvalue weighted by molar-refractivity contribution is 8.00. The zero-order valence-electron chi connectivity index (χ0n) is 16.4. The third-order valence-corrected chi connectivity index (χ3v) is 7.82. The van der Waals surface area contributed by atoms with E-state index < -0.39 is 24.5 Å². The van der Waals surface area contributed by atoms with E-state index in [-0.39, 0.29) is 19.8 Å². The third-order valence-electron chi connectivity index (χ3n) is 3.78. The van der Waals surface area contributed by atoms with Gasteiger partial charge in [0.1, 0.15) is 16.7 Å². The summed E-state index contributed by atoms with van der Waals surface area (Å²) in [6.45, 7) is 9.85. The maximum Gasteiger partial charge on any atom is 0.339 e. The third kappa shape index (κ3) is 6.15. The molecule has 0 spiro atoms. The molecule has 1 aromatic rings. The number of esters is 1. The van der Waals surface area contributed by atoms with E-state index >= 15 is 0 Å². The lowest BCUT2D eigenvalue weighted by atomic mass is 10.1. The minimum Gasteiger partial charge on any atom is -0.469 e. The Bertz CT molecular complexity index is 578. The van der Waals surface area contributed by atoms with E-state index in [1.54, 1.807) is 33.8 Å². The van der Waals surface area contributed by atoms with Gasteiger partial charge in [-0.25, -0.2) is 0 Å². The van der Waals surface area contributed by atoms with Gasteiger partial charge < -0.3 is 18.2 Å². The lowest BCUT2D eigenvalue weighted by Crippen LogP contribution is -2.29. The first-order valence-electron chi connectivity index (χ1n) is 9.16. The fraction of sp³-hybridized carbons (Fsp3) is 0.722. The van der Waals surface area contributed by atoms with Crippen molar-refractivity contribution in [1.29, 1.82) is 0 Å². The lowest BCUT2D eigenvalue weighted by Gasteiger charge is -2.31. The summed E-state index contributed by atoms with van der Waals surface area (Å²) in [5.74, 6) is 0.949. The van der Waals surface area contributed by atoms with Crippen molar-refractivity contribution in [3.63, 3.8) is 0 Å². The highest BCUT2D eigenvalue weighted by Crippen LogP contribution is 2.64. The zero-order valence-corrected chi connectivity index (χ0v) is 18.1. The molecule has 0 saturated carbocycles. The maximum atomic E-state index is 13.6. The number of carbonyl (C=O) groups is 1. The molecule has 0 aliphatic rings. The summed E-state index contributed by atoms with van der Waals surface area (Å²) >= 11 is 1.44. The van der Waals surface area contributed by atoms with E-state index in [4.69, 9.17) is 18.2 Å². The second-order valence-electron chi connectivity index (χ2n) is 5.65. The SMILES string of the molecule is CCCCSC(C(=O)OCC)C(c1ccoc1C)P(=O)(OCC)OCC. The fourth-order valence-electron chi connectivity index (χ4n) is 2.63. The number of ether oxygens (including phenoxy) is 1. The number of hydrogen-bond acceptors (Lipinski definition) is 7. The number of rotatable bonds is 13. The molecule has 6 nitrogen and oxygen atoms in total. The van der Waals surface area contributed by atoms with Crippen LogP contribution in [-0.4, -0.2) is 36.8 Å². The molecule has 0 aromatic carbocycles. The summed E-state index contributed by atoms with van der Waals surface area (Å²) in [5, 5.41) is -0.693.